The van der Waals surface area contributed by atoms with Crippen LogP contribution in [0.1, 0.15) is 50.0 Å². The van der Waals surface area contributed by atoms with E-state index < -0.39 is 0 Å². The van der Waals surface area contributed by atoms with Crippen molar-refractivity contribution in [3.05, 3.63) is 16.4 Å². The molecule has 18 heavy (non-hydrogen) atoms. The van der Waals surface area contributed by atoms with Crippen molar-refractivity contribution < 1.29 is 4.79 Å². The van der Waals surface area contributed by atoms with E-state index in [2.05, 4.69) is 40.0 Å². The van der Waals surface area contributed by atoms with Crippen LogP contribution in [-0.2, 0) is 0 Å². The highest BCUT2D eigenvalue weighted by Gasteiger charge is 2.33. The first-order valence-corrected chi connectivity index (χ1v) is 7.33. The lowest BCUT2D eigenvalue weighted by Gasteiger charge is -2.40. The van der Waals surface area contributed by atoms with E-state index in [-0.39, 0.29) is 11.3 Å². The number of H-pyrrole nitrogens is 1. The van der Waals surface area contributed by atoms with Crippen molar-refractivity contribution in [2.45, 2.75) is 39.5 Å². The van der Waals surface area contributed by atoms with Crippen LogP contribution in [0.15, 0.2) is 10.7 Å². The average molecular weight is 314 g/mol. The summed E-state index contributed by atoms with van der Waals surface area (Å²) >= 11 is 3.35. The SMILES string of the molecule is CCCC1(C)CCCN(C(=O)c2[nH]ncc2Br)C1. The van der Waals surface area contributed by atoms with Gasteiger partial charge in [0, 0.05) is 13.1 Å². The molecule has 1 aliphatic heterocycles. The highest BCUT2D eigenvalue weighted by atomic mass is 79.9. The van der Waals surface area contributed by atoms with E-state index in [0.29, 0.717) is 5.69 Å². The number of rotatable bonds is 3. The molecule has 5 heteroatoms. The van der Waals surface area contributed by atoms with Crippen molar-refractivity contribution in [2.75, 3.05) is 13.1 Å². The minimum Gasteiger partial charge on any atom is -0.337 e. The van der Waals surface area contributed by atoms with Crippen LogP contribution in [0, 0.1) is 5.41 Å². The van der Waals surface area contributed by atoms with Gasteiger partial charge in [-0.15, -0.1) is 0 Å². The predicted octanol–water partition coefficient (Wildman–Crippen LogP) is 3.21. The second kappa shape index (κ2) is 5.43. The first-order chi connectivity index (χ1) is 8.56. The maximum atomic E-state index is 12.4. The lowest BCUT2D eigenvalue weighted by molar-refractivity contribution is 0.0524. The Labute approximate surface area is 116 Å². The Morgan fingerprint density at radius 1 is 1.67 bits per heavy atom. The monoisotopic (exact) mass is 313 g/mol. The molecule has 1 fully saturated rings. The van der Waals surface area contributed by atoms with Gasteiger partial charge in [0.25, 0.3) is 5.91 Å². The zero-order valence-corrected chi connectivity index (χ0v) is 12.6. The van der Waals surface area contributed by atoms with Crippen LogP contribution in [0.5, 0.6) is 0 Å². The quantitative estimate of drug-likeness (QED) is 0.931. The number of hydrogen-bond acceptors (Lipinski definition) is 2. The first kappa shape index (κ1) is 13.6. The van der Waals surface area contributed by atoms with Crippen molar-refractivity contribution in [1.29, 1.82) is 0 Å². The number of carbonyl (C=O) groups is 1. The number of halogens is 1. The molecule has 1 unspecified atom stereocenters. The largest absolute Gasteiger partial charge is 0.337 e. The molecular weight excluding hydrogens is 294 g/mol. The topological polar surface area (TPSA) is 49.0 Å². The fourth-order valence-corrected chi connectivity index (χ4v) is 3.24. The van der Waals surface area contributed by atoms with Gasteiger partial charge in [0.2, 0.25) is 0 Å². The lowest BCUT2D eigenvalue weighted by atomic mass is 9.78. The van der Waals surface area contributed by atoms with Crippen LogP contribution in [-0.4, -0.2) is 34.1 Å². The van der Waals surface area contributed by atoms with Crippen LogP contribution in [0.4, 0.5) is 0 Å². The Kier molecular flexibility index (Phi) is 4.10. The third-order valence-corrected chi connectivity index (χ3v) is 4.33. The number of amides is 1. The lowest BCUT2D eigenvalue weighted by Crippen LogP contribution is -2.45. The number of piperidine rings is 1. The van der Waals surface area contributed by atoms with Gasteiger partial charge in [0.1, 0.15) is 5.69 Å². The van der Waals surface area contributed by atoms with Gasteiger partial charge in [-0.3, -0.25) is 9.89 Å². The molecule has 1 atom stereocenters. The zero-order chi connectivity index (χ0) is 13.2. The highest BCUT2D eigenvalue weighted by Crippen LogP contribution is 2.34. The third-order valence-electron chi connectivity index (χ3n) is 3.73. The molecule has 0 saturated carbocycles. The molecule has 0 aliphatic carbocycles. The predicted molar refractivity (Wildman–Crippen MR) is 74.4 cm³/mol. The Hall–Kier alpha value is -0.840. The molecule has 1 aromatic heterocycles. The van der Waals surface area contributed by atoms with Crippen molar-refractivity contribution >= 4 is 21.8 Å². The summed E-state index contributed by atoms with van der Waals surface area (Å²) in [7, 11) is 0. The van der Waals surface area contributed by atoms with Gasteiger partial charge in [-0.1, -0.05) is 20.3 Å². The van der Waals surface area contributed by atoms with Gasteiger partial charge in [0.15, 0.2) is 0 Å². The summed E-state index contributed by atoms with van der Waals surface area (Å²) in [4.78, 5) is 14.4. The molecule has 2 heterocycles. The van der Waals surface area contributed by atoms with E-state index >= 15 is 0 Å². The molecule has 1 amide bonds. The molecule has 1 aromatic rings. The van der Waals surface area contributed by atoms with Gasteiger partial charge in [-0.05, 0) is 40.6 Å². The fourth-order valence-electron chi connectivity index (χ4n) is 2.88. The number of nitrogens with zero attached hydrogens (tertiary/aromatic N) is 2. The molecule has 0 bridgehead atoms. The average Bonchev–Trinajstić information content (AvgIpc) is 2.74. The number of carbonyl (C=O) groups excluding carboxylic acids is 1. The van der Waals surface area contributed by atoms with Gasteiger partial charge in [-0.25, -0.2) is 0 Å². The van der Waals surface area contributed by atoms with E-state index in [1.165, 1.54) is 19.3 Å². The molecule has 1 N–H and O–H groups in total. The van der Waals surface area contributed by atoms with Crippen LogP contribution in [0.3, 0.4) is 0 Å². The Morgan fingerprint density at radius 3 is 3.06 bits per heavy atom. The molecule has 0 aromatic carbocycles. The van der Waals surface area contributed by atoms with E-state index in [0.717, 1.165) is 24.0 Å². The summed E-state index contributed by atoms with van der Waals surface area (Å²) < 4.78 is 0.746. The molecule has 100 valence electrons. The zero-order valence-electron chi connectivity index (χ0n) is 11.0. The van der Waals surface area contributed by atoms with Gasteiger partial charge < -0.3 is 4.90 Å². The minimum absolute atomic E-state index is 0.0569. The Balaban J connectivity index is 2.10. The van der Waals surface area contributed by atoms with Gasteiger partial charge >= 0.3 is 0 Å². The first-order valence-electron chi connectivity index (χ1n) is 6.54. The van der Waals surface area contributed by atoms with Crippen molar-refractivity contribution in [2.24, 2.45) is 5.41 Å². The van der Waals surface area contributed by atoms with Crippen molar-refractivity contribution in [3.8, 4) is 0 Å². The second-order valence-corrected chi connectivity index (χ2v) is 6.34. The molecule has 0 radical (unpaired) electrons. The van der Waals surface area contributed by atoms with Gasteiger partial charge in [0.05, 0.1) is 10.7 Å². The Morgan fingerprint density at radius 2 is 2.44 bits per heavy atom. The minimum atomic E-state index is 0.0569. The normalized spacial score (nSPS) is 24.3. The molecular formula is C13H20BrN3O. The van der Waals surface area contributed by atoms with E-state index in [1.54, 1.807) is 6.20 Å². The Bertz CT molecular complexity index is 428. The summed E-state index contributed by atoms with van der Waals surface area (Å²) in [6, 6.07) is 0. The number of likely N-dealkylation sites (tertiary alicyclic amines) is 1. The molecule has 4 nitrogen and oxygen atoms in total. The van der Waals surface area contributed by atoms with Crippen LogP contribution in [0.2, 0.25) is 0 Å². The summed E-state index contributed by atoms with van der Waals surface area (Å²) in [6.45, 7) is 6.20. The van der Waals surface area contributed by atoms with E-state index in [9.17, 15) is 4.79 Å². The third kappa shape index (κ3) is 2.76. The number of hydrogen-bond donors (Lipinski definition) is 1. The van der Waals surface area contributed by atoms with E-state index in [4.69, 9.17) is 0 Å². The van der Waals surface area contributed by atoms with E-state index in [1.807, 2.05) is 4.90 Å². The summed E-state index contributed by atoms with van der Waals surface area (Å²) in [5.74, 6) is 0.0569. The highest BCUT2D eigenvalue weighted by molar-refractivity contribution is 9.10. The van der Waals surface area contributed by atoms with Crippen molar-refractivity contribution in [3.63, 3.8) is 0 Å². The van der Waals surface area contributed by atoms with Gasteiger partial charge in [-0.2, -0.15) is 5.10 Å². The molecule has 2 rings (SSSR count). The maximum Gasteiger partial charge on any atom is 0.273 e. The second-order valence-electron chi connectivity index (χ2n) is 5.48. The molecule has 1 aliphatic rings. The van der Waals surface area contributed by atoms with Crippen LogP contribution < -0.4 is 0 Å². The summed E-state index contributed by atoms with van der Waals surface area (Å²) in [6.07, 6.45) is 6.29. The number of aromatic amines is 1. The maximum absolute atomic E-state index is 12.4. The number of aromatic nitrogens is 2. The summed E-state index contributed by atoms with van der Waals surface area (Å²) in [5, 5.41) is 6.66. The van der Waals surface area contributed by atoms with Crippen molar-refractivity contribution in [1.82, 2.24) is 15.1 Å². The molecule has 1 saturated heterocycles. The van der Waals surface area contributed by atoms with Crippen LogP contribution >= 0.6 is 15.9 Å². The fraction of sp³-hybridized carbons (Fsp3) is 0.692. The molecule has 0 spiro atoms. The smallest absolute Gasteiger partial charge is 0.273 e. The van der Waals surface area contributed by atoms with Crippen LogP contribution in [0.25, 0.3) is 0 Å². The standard InChI is InChI=1S/C13H20BrN3O/c1-3-5-13(2)6-4-7-17(9-13)12(18)11-10(14)8-15-16-11/h8H,3-7,9H2,1-2H3,(H,15,16). The summed E-state index contributed by atoms with van der Waals surface area (Å²) in [5.41, 5.74) is 0.838. The number of nitrogens with one attached hydrogen (secondary N) is 1.